The molecule has 1 aromatic heterocycles. The minimum absolute atomic E-state index is 0.0618. The van der Waals surface area contributed by atoms with E-state index in [0.717, 1.165) is 30.3 Å². The normalized spacial score (nSPS) is 15.6. The SMILES string of the molecule is COCC(NC(=O)c1ccc(N2CCCCCC2=O)c(Cl)c1)c1nc2ccc(Cl)cc2[nH]1. The van der Waals surface area contributed by atoms with E-state index >= 15 is 0 Å². The molecule has 1 aliphatic rings. The molecule has 1 atom stereocenters. The Balaban J connectivity index is 1.54. The van der Waals surface area contributed by atoms with Gasteiger partial charge < -0.3 is 19.9 Å². The third-order valence-electron chi connectivity index (χ3n) is 5.51. The molecule has 1 aliphatic heterocycles. The van der Waals surface area contributed by atoms with Crippen LogP contribution < -0.4 is 10.2 Å². The minimum Gasteiger partial charge on any atom is -0.382 e. The number of imidazole rings is 1. The first-order chi connectivity index (χ1) is 15.5. The van der Waals surface area contributed by atoms with Crippen molar-refractivity contribution in [2.24, 2.45) is 0 Å². The minimum atomic E-state index is -0.496. The summed E-state index contributed by atoms with van der Waals surface area (Å²) >= 11 is 12.5. The van der Waals surface area contributed by atoms with Crippen molar-refractivity contribution in [2.75, 3.05) is 25.2 Å². The Morgan fingerprint density at radius 2 is 2.06 bits per heavy atom. The van der Waals surface area contributed by atoms with Gasteiger partial charge in [0.1, 0.15) is 11.9 Å². The molecule has 0 radical (unpaired) electrons. The van der Waals surface area contributed by atoms with Crippen molar-refractivity contribution in [1.82, 2.24) is 15.3 Å². The summed E-state index contributed by atoms with van der Waals surface area (Å²) < 4.78 is 5.29. The zero-order chi connectivity index (χ0) is 22.7. The van der Waals surface area contributed by atoms with Crippen molar-refractivity contribution in [1.29, 1.82) is 0 Å². The zero-order valence-electron chi connectivity index (χ0n) is 17.7. The second kappa shape index (κ2) is 9.90. The molecule has 0 bridgehead atoms. The van der Waals surface area contributed by atoms with Gasteiger partial charge in [-0.1, -0.05) is 29.6 Å². The third-order valence-corrected chi connectivity index (χ3v) is 6.04. The van der Waals surface area contributed by atoms with Gasteiger partial charge in [0.25, 0.3) is 5.91 Å². The van der Waals surface area contributed by atoms with Crippen LogP contribution in [-0.2, 0) is 9.53 Å². The van der Waals surface area contributed by atoms with E-state index in [1.165, 1.54) is 0 Å². The van der Waals surface area contributed by atoms with Gasteiger partial charge in [0.05, 0.1) is 28.4 Å². The molecule has 168 valence electrons. The number of aromatic amines is 1. The lowest BCUT2D eigenvalue weighted by atomic mass is 10.1. The van der Waals surface area contributed by atoms with Crippen LogP contribution in [0.1, 0.15) is 47.9 Å². The van der Waals surface area contributed by atoms with E-state index in [2.05, 4.69) is 15.3 Å². The molecule has 2 amide bonds. The number of fused-ring (bicyclic) bond motifs is 1. The lowest BCUT2D eigenvalue weighted by Crippen LogP contribution is -2.32. The summed E-state index contributed by atoms with van der Waals surface area (Å²) in [4.78, 5) is 34.8. The summed E-state index contributed by atoms with van der Waals surface area (Å²) in [5.41, 5.74) is 2.55. The Labute approximate surface area is 196 Å². The van der Waals surface area contributed by atoms with Crippen molar-refractivity contribution in [2.45, 2.75) is 31.7 Å². The number of rotatable bonds is 6. The molecule has 2 heterocycles. The van der Waals surface area contributed by atoms with Crippen molar-refractivity contribution in [3.8, 4) is 0 Å². The van der Waals surface area contributed by atoms with Crippen LogP contribution in [0.3, 0.4) is 0 Å². The summed E-state index contributed by atoms with van der Waals surface area (Å²) in [5.74, 6) is 0.309. The van der Waals surface area contributed by atoms with E-state index in [4.69, 9.17) is 27.9 Å². The number of carbonyl (C=O) groups is 2. The number of anilines is 1. The molecular formula is C23H24Cl2N4O3. The van der Waals surface area contributed by atoms with Gasteiger partial charge in [0.2, 0.25) is 5.91 Å². The van der Waals surface area contributed by atoms with E-state index in [1.54, 1.807) is 42.3 Å². The van der Waals surface area contributed by atoms with E-state index < -0.39 is 6.04 Å². The van der Waals surface area contributed by atoms with Crippen molar-refractivity contribution < 1.29 is 14.3 Å². The number of amides is 2. The van der Waals surface area contributed by atoms with E-state index in [1.807, 2.05) is 6.07 Å². The summed E-state index contributed by atoms with van der Waals surface area (Å²) in [6.45, 7) is 0.865. The van der Waals surface area contributed by atoms with Crippen molar-refractivity contribution in [3.05, 3.63) is 57.8 Å². The highest BCUT2D eigenvalue weighted by atomic mass is 35.5. The second-order valence-electron chi connectivity index (χ2n) is 7.79. The predicted molar refractivity (Wildman–Crippen MR) is 125 cm³/mol. The zero-order valence-corrected chi connectivity index (χ0v) is 19.2. The molecule has 2 N–H and O–H groups in total. The smallest absolute Gasteiger partial charge is 0.252 e. The molecule has 1 fully saturated rings. The number of carbonyl (C=O) groups excluding carboxylic acids is 2. The number of nitrogens with one attached hydrogen (secondary N) is 2. The fraction of sp³-hybridized carbons (Fsp3) is 0.348. The molecule has 7 nitrogen and oxygen atoms in total. The first kappa shape index (κ1) is 22.6. The Bertz CT molecular complexity index is 1150. The first-order valence-corrected chi connectivity index (χ1v) is 11.3. The van der Waals surface area contributed by atoms with Crippen LogP contribution >= 0.6 is 23.2 Å². The predicted octanol–water partition coefficient (Wildman–Crippen LogP) is 4.89. The third kappa shape index (κ3) is 4.90. The highest BCUT2D eigenvalue weighted by Gasteiger charge is 2.23. The highest BCUT2D eigenvalue weighted by molar-refractivity contribution is 6.34. The Kier molecular flexibility index (Phi) is 6.98. The van der Waals surface area contributed by atoms with Crippen LogP contribution in [0, 0.1) is 0 Å². The fourth-order valence-electron chi connectivity index (χ4n) is 3.87. The number of hydrogen-bond acceptors (Lipinski definition) is 4. The van der Waals surface area contributed by atoms with Gasteiger partial charge in [0.15, 0.2) is 0 Å². The number of benzene rings is 2. The van der Waals surface area contributed by atoms with E-state index in [9.17, 15) is 9.59 Å². The Hall–Kier alpha value is -2.61. The molecule has 0 spiro atoms. The van der Waals surface area contributed by atoms with Crippen LogP contribution in [0.2, 0.25) is 10.0 Å². The second-order valence-corrected chi connectivity index (χ2v) is 8.63. The molecule has 1 saturated heterocycles. The highest BCUT2D eigenvalue weighted by Crippen LogP contribution is 2.30. The van der Waals surface area contributed by atoms with Gasteiger partial charge >= 0.3 is 0 Å². The van der Waals surface area contributed by atoms with Crippen LogP contribution in [0.4, 0.5) is 5.69 Å². The first-order valence-electron chi connectivity index (χ1n) is 10.5. The van der Waals surface area contributed by atoms with E-state index in [0.29, 0.717) is 40.1 Å². The van der Waals surface area contributed by atoms with Crippen LogP contribution in [0.25, 0.3) is 11.0 Å². The number of methoxy groups -OCH3 is 1. The summed E-state index contributed by atoms with van der Waals surface area (Å²) in [6, 6.07) is 9.85. The van der Waals surface area contributed by atoms with Gasteiger partial charge in [-0.15, -0.1) is 0 Å². The number of hydrogen-bond donors (Lipinski definition) is 2. The topological polar surface area (TPSA) is 87.3 Å². The average molecular weight is 475 g/mol. The Morgan fingerprint density at radius 3 is 2.84 bits per heavy atom. The molecule has 9 heteroatoms. The maximum absolute atomic E-state index is 13.0. The maximum Gasteiger partial charge on any atom is 0.252 e. The molecular weight excluding hydrogens is 451 g/mol. The van der Waals surface area contributed by atoms with Crippen LogP contribution in [0.5, 0.6) is 0 Å². The van der Waals surface area contributed by atoms with Crippen molar-refractivity contribution >= 4 is 51.7 Å². The van der Waals surface area contributed by atoms with Crippen LogP contribution in [0.15, 0.2) is 36.4 Å². The Morgan fingerprint density at radius 1 is 1.22 bits per heavy atom. The molecule has 32 heavy (non-hydrogen) atoms. The van der Waals surface area contributed by atoms with Gasteiger partial charge in [0, 0.05) is 30.7 Å². The molecule has 1 unspecified atom stereocenters. The number of halogens is 2. The number of H-pyrrole nitrogens is 1. The van der Waals surface area contributed by atoms with Crippen LogP contribution in [-0.4, -0.2) is 42.0 Å². The summed E-state index contributed by atoms with van der Waals surface area (Å²) in [6.07, 6.45) is 3.36. The summed E-state index contributed by atoms with van der Waals surface area (Å²) in [5, 5.41) is 3.91. The number of aromatic nitrogens is 2. The van der Waals surface area contributed by atoms with E-state index in [-0.39, 0.29) is 18.4 Å². The molecule has 4 rings (SSSR count). The molecule has 3 aromatic rings. The van der Waals surface area contributed by atoms with Crippen molar-refractivity contribution in [3.63, 3.8) is 0 Å². The quantitative estimate of drug-likeness (QED) is 0.531. The molecule has 0 saturated carbocycles. The van der Waals surface area contributed by atoms with Gasteiger partial charge in [-0.2, -0.15) is 0 Å². The fourth-order valence-corrected chi connectivity index (χ4v) is 4.32. The van der Waals surface area contributed by atoms with Gasteiger partial charge in [-0.05, 0) is 49.2 Å². The molecule has 2 aromatic carbocycles. The average Bonchev–Trinajstić information content (AvgIpc) is 3.07. The molecule has 0 aliphatic carbocycles. The number of ether oxygens (including phenoxy) is 1. The monoisotopic (exact) mass is 474 g/mol. The van der Waals surface area contributed by atoms with Gasteiger partial charge in [-0.3, -0.25) is 9.59 Å². The standard InChI is InChI=1S/C23H24Cl2N4O3/c1-32-13-19(22-26-17-8-7-15(24)12-18(17)27-22)28-23(31)14-6-9-20(16(25)11-14)29-10-4-2-3-5-21(29)30/h6-9,11-12,19H,2-5,10,13H2,1H3,(H,26,27)(H,28,31). The lowest BCUT2D eigenvalue weighted by Gasteiger charge is -2.22. The largest absolute Gasteiger partial charge is 0.382 e. The maximum atomic E-state index is 13.0. The van der Waals surface area contributed by atoms with Gasteiger partial charge in [-0.25, -0.2) is 4.98 Å². The number of nitrogens with zero attached hydrogens (tertiary/aromatic N) is 2. The lowest BCUT2D eigenvalue weighted by molar-refractivity contribution is -0.118. The summed E-state index contributed by atoms with van der Waals surface area (Å²) in [7, 11) is 1.56.